The van der Waals surface area contributed by atoms with Crippen molar-refractivity contribution in [1.82, 2.24) is 4.31 Å². The minimum absolute atomic E-state index is 0.171. The molecule has 0 amide bonds. The predicted octanol–water partition coefficient (Wildman–Crippen LogP) is 1.12. The van der Waals surface area contributed by atoms with Gasteiger partial charge in [0.1, 0.15) is 0 Å². The van der Waals surface area contributed by atoms with E-state index in [0.29, 0.717) is 6.42 Å². The Morgan fingerprint density at radius 1 is 1.14 bits per heavy atom. The molecule has 0 saturated carbocycles. The van der Waals surface area contributed by atoms with Crippen molar-refractivity contribution in [2.75, 3.05) is 19.8 Å². The van der Waals surface area contributed by atoms with Crippen LogP contribution in [-0.4, -0.2) is 32.6 Å². The number of nitrogens with zero attached hydrogens (tertiary/aromatic N) is 1. The fourth-order valence-electron chi connectivity index (χ4n) is 1.07. The fourth-order valence-corrected chi connectivity index (χ4v) is 1.93. The van der Waals surface area contributed by atoms with Crippen LogP contribution in [-0.2, 0) is 16.4 Å². The average molecular weight is 213 g/mol. The molecule has 0 fully saturated rings. The minimum Gasteiger partial charge on any atom is -0.212 e. The Hall–Kier alpha value is -0.870. The van der Waals surface area contributed by atoms with Crippen LogP contribution in [0.4, 0.5) is 0 Å². The number of hydrogen-bond donors (Lipinski definition) is 0. The van der Waals surface area contributed by atoms with Crippen molar-refractivity contribution >= 4 is 10.0 Å². The third-order valence-corrected chi connectivity index (χ3v) is 3.88. The highest BCUT2D eigenvalue weighted by Gasteiger charge is 2.12. The predicted molar refractivity (Wildman–Crippen MR) is 57.6 cm³/mol. The highest BCUT2D eigenvalue weighted by atomic mass is 32.2. The minimum atomic E-state index is -3.06. The van der Waals surface area contributed by atoms with E-state index in [1.165, 1.54) is 4.31 Å². The molecule has 1 rings (SSSR count). The van der Waals surface area contributed by atoms with Gasteiger partial charge >= 0.3 is 0 Å². The summed E-state index contributed by atoms with van der Waals surface area (Å²) in [6.07, 6.45) is 0.571. The van der Waals surface area contributed by atoms with Crippen molar-refractivity contribution in [3.63, 3.8) is 0 Å². The standard InChI is InChI=1S/C10H15NO2S/c1-11(2)14(12,13)9-8-10-6-4-3-5-7-10/h3-7H,8-9H2,1-2H3. The lowest BCUT2D eigenvalue weighted by molar-refractivity contribution is 0.520. The molecular weight excluding hydrogens is 198 g/mol. The molecule has 0 aromatic heterocycles. The molecule has 0 radical (unpaired) electrons. The largest absolute Gasteiger partial charge is 0.213 e. The van der Waals surface area contributed by atoms with Crippen molar-refractivity contribution in [2.24, 2.45) is 0 Å². The molecule has 0 N–H and O–H groups in total. The van der Waals surface area contributed by atoms with Gasteiger partial charge in [-0.25, -0.2) is 12.7 Å². The van der Waals surface area contributed by atoms with Gasteiger partial charge in [0.2, 0.25) is 10.0 Å². The Morgan fingerprint density at radius 3 is 2.21 bits per heavy atom. The van der Waals surface area contributed by atoms with E-state index < -0.39 is 10.0 Å². The topological polar surface area (TPSA) is 37.4 Å². The number of benzene rings is 1. The second-order valence-electron chi connectivity index (χ2n) is 3.33. The number of rotatable bonds is 4. The molecular formula is C10H15NO2S. The van der Waals surface area contributed by atoms with E-state index in [-0.39, 0.29) is 5.75 Å². The van der Waals surface area contributed by atoms with Gasteiger partial charge in [-0.05, 0) is 12.0 Å². The molecule has 14 heavy (non-hydrogen) atoms. The Kier molecular flexibility index (Phi) is 3.66. The molecule has 4 heteroatoms. The second-order valence-corrected chi connectivity index (χ2v) is 5.64. The molecule has 1 aromatic carbocycles. The Labute approximate surface area is 85.4 Å². The monoisotopic (exact) mass is 213 g/mol. The normalized spacial score (nSPS) is 11.9. The van der Waals surface area contributed by atoms with Crippen LogP contribution in [0.1, 0.15) is 5.56 Å². The summed E-state index contributed by atoms with van der Waals surface area (Å²) in [6, 6.07) is 9.62. The van der Waals surface area contributed by atoms with E-state index >= 15 is 0 Å². The first kappa shape index (κ1) is 11.2. The van der Waals surface area contributed by atoms with Crippen LogP contribution in [0.15, 0.2) is 30.3 Å². The first-order valence-corrected chi connectivity index (χ1v) is 6.07. The summed E-state index contributed by atoms with van der Waals surface area (Å²) in [7, 11) is 0.0487. The van der Waals surface area contributed by atoms with Crippen molar-refractivity contribution < 1.29 is 8.42 Å². The summed E-state index contributed by atoms with van der Waals surface area (Å²) in [5.41, 5.74) is 1.05. The Balaban J connectivity index is 2.58. The maximum absolute atomic E-state index is 11.4. The van der Waals surface area contributed by atoms with Gasteiger partial charge in [-0.2, -0.15) is 0 Å². The maximum atomic E-state index is 11.4. The van der Waals surface area contributed by atoms with Crippen LogP contribution in [0.3, 0.4) is 0 Å². The number of aryl methyl sites for hydroxylation is 1. The first-order valence-electron chi connectivity index (χ1n) is 4.46. The molecule has 0 unspecified atom stereocenters. The van der Waals surface area contributed by atoms with E-state index in [0.717, 1.165) is 5.56 Å². The van der Waals surface area contributed by atoms with E-state index in [1.807, 2.05) is 30.3 Å². The Morgan fingerprint density at radius 2 is 1.71 bits per heavy atom. The number of sulfonamides is 1. The zero-order valence-electron chi connectivity index (χ0n) is 8.47. The smallest absolute Gasteiger partial charge is 0.212 e. The van der Waals surface area contributed by atoms with Crippen LogP contribution in [0.2, 0.25) is 0 Å². The van der Waals surface area contributed by atoms with Crippen molar-refractivity contribution in [2.45, 2.75) is 6.42 Å². The molecule has 0 bridgehead atoms. The fraction of sp³-hybridized carbons (Fsp3) is 0.400. The van der Waals surface area contributed by atoms with Gasteiger partial charge in [0.25, 0.3) is 0 Å². The molecule has 0 aliphatic rings. The van der Waals surface area contributed by atoms with E-state index in [2.05, 4.69) is 0 Å². The van der Waals surface area contributed by atoms with E-state index in [4.69, 9.17) is 0 Å². The SMILES string of the molecule is CN(C)S(=O)(=O)CCc1ccccc1. The van der Waals surface area contributed by atoms with Crippen molar-refractivity contribution in [1.29, 1.82) is 0 Å². The van der Waals surface area contributed by atoms with E-state index in [1.54, 1.807) is 14.1 Å². The van der Waals surface area contributed by atoms with Gasteiger partial charge in [-0.3, -0.25) is 0 Å². The third kappa shape index (κ3) is 3.12. The van der Waals surface area contributed by atoms with Gasteiger partial charge in [0, 0.05) is 14.1 Å². The summed E-state index contributed by atoms with van der Waals surface area (Å²) in [5, 5.41) is 0. The Bertz CT molecular complexity index is 370. The zero-order valence-corrected chi connectivity index (χ0v) is 9.29. The highest BCUT2D eigenvalue weighted by Crippen LogP contribution is 2.03. The van der Waals surface area contributed by atoms with E-state index in [9.17, 15) is 8.42 Å². The van der Waals surface area contributed by atoms with Crippen molar-refractivity contribution in [3.05, 3.63) is 35.9 Å². The van der Waals surface area contributed by atoms with Crippen LogP contribution in [0.5, 0.6) is 0 Å². The lowest BCUT2D eigenvalue weighted by Gasteiger charge is -2.10. The molecule has 3 nitrogen and oxygen atoms in total. The maximum Gasteiger partial charge on any atom is 0.213 e. The molecule has 0 aliphatic carbocycles. The first-order chi connectivity index (χ1) is 6.52. The van der Waals surface area contributed by atoms with Gasteiger partial charge in [0.15, 0.2) is 0 Å². The van der Waals surface area contributed by atoms with Gasteiger partial charge in [-0.15, -0.1) is 0 Å². The summed E-state index contributed by atoms with van der Waals surface area (Å²) in [4.78, 5) is 0. The summed E-state index contributed by atoms with van der Waals surface area (Å²) < 4.78 is 24.1. The van der Waals surface area contributed by atoms with Gasteiger partial charge in [-0.1, -0.05) is 30.3 Å². The second kappa shape index (κ2) is 4.57. The van der Waals surface area contributed by atoms with Gasteiger partial charge in [0.05, 0.1) is 5.75 Å². The third-order valence-electron chi connectivity index (χ3n) is 2.05. The quantitative estimate of drug-likeness (QED) is 0.751. The molecule has 0 heterocycles. The lowest BCUT2D eigenvalue weighted by atomic mass is 10.2. The van der Waals surface area contributed by atoms with Crippen LogP contribution in [0.25, 0.3) is 0 Å². The molecule has 0 saturated heterocycles. The van der Waals surface area contributed by atoms with Crippen LogP contribution < -0.4 is 0 Å². The average Bonchev–Trinajstić information content (AvgIpc) is 2.16. The molecule has 0 atom stereocenters. The number of hydrogen-bond acceptors (Lipinski definition) is 2. The molecule has 0 spiro atoms. The van der Waals surface area contributed by atoms with Crippen LogP contribution in [0, 0.1) is 0 Å². The van der Waals surface area contributed by atoms with Gasteiger partial charge < -0.3 is 0 Å². The van der Waals surface area contributed by atoms with Crippen LogP contribution >= 0.6 is 0 Å². The lowest BCUT2D eigenvalue weighted by Crippen LogP contribution is -2.25. The molecule has 1 aromatic rings. The molecule has 0 aliphatic heterocycles. The van der Waals surface area contributed by atoms with Crippen molar-refractivity contribution in [3.8, 4) is 0 Å². The highest BCUT2D eigenvalue weighted by molar-refractivity contribution is 7.89. The zero-order chi connectivity index (χ0) is 10.6. The summed E-state index contributed by atoms with van der Waals surface area (Å²) in [6.45, 7) is 0. The summed E-state index contributed by atoms with van der Waals surface area (Å²) in [5.74, 6) is 0.171. The summed E-state index contributed by atoms with van der Waals surface area (Å²) >= 11 is 0. The molecule has 78 valence electrons.